The van der Waals surface area contributed by atoms with Crippen LogP contribution in [0.2, 0.25) is 0 Å². The average Bonchev–Trinajstić information content (AvgIpc) is 3.89. The van der Waals surface area contributed by atoms with Gasteiger partial charge in [0.2, 0.25) is 0 Å². The number of hydrogen-bond acceptors (Lipinski definition) is 5. The van der Waals surface area contributed by atoms with Crippen LogP contribution < -0.4 is 14.5 Å². The molecule has 0 amide bonds. The van der Waals surface area contributed by atoms with Crippen LogP contribution in [0.25, 0.3) is 27.6 Å². The summed E-state index contributed by atoms with van der Waals surface area (Å²) in [4.78, 5) is 12.6. The topological polar surface area (TPSA) is 36.8 Å². The third kappa shape index (κ3) is 6.70. The molecule has 4 fully saturated rings. The Morgan fingerprint density at radius 2 is 1.28 bits per heavy atom. The minimum atomic E-state index is -0.0515. The fraction of sp³-hybridized carbons (Fsp3) is 0.306. The van der Waals surface area contributed by atoms with Crippen molar-refractivity contribution in [1.29, 1.82) is 0 Å². The van der Waals surface area contributed by atoms with Crippen LogP contribution in [-0.4, -0.2) is 27.9 Å². The number of para-hydroxylation sites is 4. The summed E-state index contributed by atoms with van der Waals surface area (Å²) in [5.74, 6) is 7.94. The van der Waals surface area contributed by atoms with E-state index in [0.717, 1.165) is 45.9 Å². The molecule has 14 rings (SSSR count). The van der Waals surface area contributed by atoms with E-state index in [0.29, 0.717) is 18.5 Å². The molecule has 7 aliphatic rings. The van der Waals surface area contributed by atoms with Gasteiger partial charge in [0.25, 0.3) is 0 Å². The lowest BCUT2D eigenvalue weighted by molar-refractivity contribution is -0.0411. The third-order valence-electron chi connectivity index (χ3n) is 16.9. The zero-order chi connectivity index (χ0) is 46.8. The minimum absolute atomic E-state index is 0.0349. The lowest BCUT2D eigenvalue weighted by atomic mass is 9.33. The standard InChI is InChI=1S/C62H62BN5O/c1-60(2,3)51-19-14-20-52(61(4,5)6)59(51)67-40-66(54-22-9-10-23-55(54)67)46-16-13-17-47(38-46)69-48-25-26-50-49-18-7-8-21-53(49)68(56(50)39-48)58-37-43(27-29-64-58)62(44-33-41-32-42(35-44)36-45(62)34-41)57-24-15-31-65-30-12-11-28-63(57)65/h7-31,37-39,41-42,44-45H,32-36,40H2,1-6H3. The molecule has 4 bridgehead atoms. The molecule has 4 saturated carbocycles. The highest BCUT2D eigenvalue weighted by Crippen LogP contribution is 2.66. The maximum Gasteiger partial charge on any atom is 0.316 e. The highest BCUT2D eigenvalue weighted by atomic mass is 16.5. The first kappa shape index (κ1) is 42.4. The summed E-state index contributed by atoms with van der Waals surface area (Å²) < 4.78 is 9.32. The number of ether oxygens (including phenoxy) is 1. The van der Waals surface area contributed by atoms with E-state index in [2.05, 4.69) is 231 Å². The number of allylic oxidation sites excluding steroid dienone is 5. The highest BCUT2D eigenvalue weighted by molar-refractivity contribution is 6.70. The largest absolute Gasteiger partial charge is 0.457 e. The van der Waals surface area contributed by atoms with Crippen molar-refractivity contribution in [2.45, 2.75) is 89.9 Å². The second kappa shape index (κ2) is 15.6. The number of nitrogens with zero attached hydrogens (tertiary/aromatic N) is 5. The van der Waals surface area contributed by atoms with E-state index in [1.54, 1.807) is 5.47 Å². The third-order valence-corrected chi connectivity index (χ3v) is 16.9. The molecule has 5 heterocycles. The van der Waals surface area contributed by atoms with Gasteiger partial charge in [-0.2, -0.15) is 0 Å². The Kier molecular flexibility index (Phi) is 9.61. The van der Waals surface area contributed by atoms with Gasteiger partial charge in [-0.15, -0.1) is 0 Å². The average molecular weight is 904 g/mol. The van der Waals surface area contributed by atoms with E-state index < -0.39 is 0 Å². The van der Waals surface area contributed by atoms with E-state index in [4.69, 9.17) is 9.72 Å². The first-order chi connectivity index (χ1) is 33.4. The Labute approximate surface area is 408 Å². The van der Waals surface area contributed by atoms with Crippen molar-refractivity contribution in [1.82, 2.24) is 14.4 Å². The fourth-order valence-electron chi connectivity index (χ4n) is 14.3. The van der Waals surface area contributed by atoms with Gasteiger partial charge in [-0.1, -0.05) is 120 Å². The maximum atomic E-state index is 6.93. The summed E-state index contributed by atoms with van der Waals surface area (Å²) in [7, 11) is 0. The van der Waals surface area contributed by atoms with E-state index >= 15 is 0 Å². The van der Waals surface area contributed by atoms with Crippen LogP contribution in [0.15, 0.2) is 176 Å². The first-order valence-corrected chi connectivity index (χ1v) is 25.5. The van der Waals surface area contributed by atoms with Gasteiger partial charge in [-0.25, -0.2) is 4.98 Å². The van der Waals surface area contributed by atoms with Crippen LogP contribution in [0.3, 0.4) is 0 Å². The molecule has 0 N–H and O–H groups in total. The molecule has 69 heavy (non-hydrogen) atoms. The van der Waals surface area contributed by atoms with Gasteiger partial charge >= 0.3 is 6.85 Å². The number of hydrogen-bond donors (Lipinski definition) is 0. The summed E-state index contributed by atoms with van der Waals surface area (Å²) in [5.41, 5.74) is 12.6. The number of pyridine rings is 1. The summed E-state index contributed by atoms with van der Waals surface area (Å²) >= 11 is 0. The normalized spacial score (nSPS) is 23.6. The van der Waals surface area contributed by atoms with E-state index in [1.165, 1.54) is 76.6 Å². The van der Waals surface area contributed by atoms with Crippen molar-refractivity contribution in [2.75, 3.05) is 16.5 Å². The molecule has 0 unspecified atom stereocenters. The van der Waals surface area contributed by atoms with E-state index in [-0.39, 0.29) is 23.1 Å². The van der Waals surface area contributed by atoms with Gasteiger partial charge in [-0.3, -0.25) is 4.57 Å². The zero-order valence-electron chi connectivity index (χ0n) is 40.9. The summed E-state index contributed by atoms with van der Waals surface area (Å²) in [6.07, 6.45) is 22.5. The predicted octanol–water partition coefficient (Wildman–Crippen LogP) is 15.4. The Balaban J connectivity index is 0.879. The van der Waals surface area contributed by atoms with Crippen molar-refractivity contribution >= 4 is 51.4 Å². The Morgan fingerprint density at radius 3 is 2.03 bits per heavy atom. The lowest BCUT2D eigenvalue weighted by Gasteiger charge is -2.63. The zero-order valence-corrected chi connectivity index (χ0v) is 40.9. The quantitative estimate of drug-likeness (QED) is 0.149. The van der Waals surface area contributed by atoms with Crippen LogP contribution >= 0.6 is 0 Å². The van der Waals surface area contributed by atoms with Gasteiger partial charge in [0.1, 0.15) is 24.0 Å². The SMILES string of the molecule is CC(C)(C)c1cccc(C(C)(C)C)c1N1CN(c2cccc(Oc3ccc4c5ccccc5n(-c5cc(C6(C7=CC=CN8C=CC=CB78)C7CC8CC(C7)CC6C8)ccn5)c4c3)c2)c2ccccc21. The molecule has 7 heteroatoms. The van der Waals surface area contributed by atoms with Gasteiger partial charge in [0.05, 0.1) is 28.1 Å². The van der Waals surface area contributed by atoms with E-state index in [1.807, 2.05) is 0 Å². The van der Waals surface area contributed by atoms with Gasteiger partial charge in [0, 0.05) is 40.2 Å². The molecule has 0 saturated heterocycles. The molecule has 344 valence electrons. The molecule has 0 radical (unpaired) electrons. The van der Waals surface area contributed by atoms with Gasteiger partial charge in [-0.05, 0) is 162 Å². The molecule has 4 aliphatic carbocycles. The molecule has 7 aromatic rings. The van der Waals surface area contributed by atoms with E-state index in [9.17, 15) is 0 Å². The number of rotatable bonds is 7. The van der Waals surface area contributed by atoms with Crippen molar-refractivity contribution < 1.29 is 4.74 Å². The highest BCUT2D eigenvalue weighted by Gasteiger charge is 2.61. The first-order valence-electron chi connectivity index (χ1n) is 25.5. The second-order valence-corrected chi connectivity index (χ2v) is 23.0. The van der Waals surface area contributed by atoms with Gasteiger partial charge < -0.3 is 19.3 Å². The van der Waals surface area contributed by atoms with Gasteiger partial charge in [0.15, 0.2) is 0 Å². The molecule has 0 spiro atoms. The summed E-state index contributed by atoms with van der Waals surface area (Å²) in [6.45, 7) is 14.9. The smallest absolute Gasteiger partial charge is 0.316 e. The number of fused-ring (bicyclic) bond motifs is 5. The predicted molar refractivity (Wildman–Crippen MR) is 286 cm³/mol. The summed E-state index contributed by atoms with van der Waals surface area (Å²) in [6, 6.07) is 44.6. The van der Waals surface area contributed by atoms with Crippen molar-refractivity contribution in [3.8, 4) is 17.3 Å². The molecule has 3 aliphatic heterocycles. The molecular weight excluding hydrogens is 842 g/mol. The number of aromatic nitrogens is 2. The van der Waals surface area contributed by atoms with Crippen LogP contribution in [0, 0.1) is 23.7 Å². The van der Waals surface area contributed by atoms with Crippen molar-refractivity contribution in [2.24, 2.45) is 23.7 Å². The fourth-order valence-corrected chi connectivity index (χ4v) is 14.3. The maximum absolute atomic E-state index is 6.93. The van der Waals surface area contributed by atoms with Crippen LogP contribution in [-0.2, 0) is 16.2 Å². The van der Waals surface area contributed by atoms with Crippen LogP contribution in [0.5, 0.6) is 11.5 Å². The second-order valence-electron chi connectivity index (χ2n) is 23.0. The molecule has 2 aromatic heterocycles. The molecule has 5 aromatic carbocycles. The minimum Gasteiger partial charge on any atom is -0.457 e. The van der Waals surface area contributed by atoms with Crippen LogP contribution in [0.1, 0.15) is 90.3 Å². The summed E-state index contributed by atoms with van der Waals surface area (Å²) in [5, 5.41) is 2.41. The van der Waals surface area contributed by atoms with Crippen molar-refractivity contribution in [3.05, 3.63) is 192 Å². The molecule has 6 nitrogen and oxygen atoms in total. The number of anilines is 4. The molecule has 0 atom stereocenters. The van der Waals surface area contributed by atoms with Crippen LogP contribution in [0.4, 0.5) is 22.7 Å². The molecular formula is C62H62BN5O. The lowest BCUT2D eigenvalue weighted by Crippen LogP contribution is -2.60. The monoisotopic (exact) mass is 904 g/mol. The Bertz CT molecular complexity index is 3260. The number of benzene rings is 5. The Hall–Kier alpha value is -6.73. The Morgan fingerprint density at radius 1 is 0.609 bits per heavy atom. The van der Waals surface area contributed by atoms with Crippen molar-refractivity contribution in [3.63, 3.8) is 0 Å².